The van der Waals surface area contributed by atoms with E-state index >= 15 is 0 Å². The third-order valence-electron chi connectivity index (χ3n) is 6.86. The molecule has 0 radical (unpaired) electrons. The molecule has 4 nitrogen and oxygen atoms in total. The molecule has 3 aromatic rings. The van der Waals surface area contributed by atoms with E-state index in [4.69, 9.17) is 0 Å². The monoisotopic (exact) mass is 404 g/mol. The zero-order chi connectivity index (χ0) is 19.8. The van der Waals surface area contributed by atoms with Gasteiger partial charge in [0, 0.05) is 60.6 Å². The van der Waals surface area contributed by atoms with E-state index in [0.717, 1.165) is 31.2 Å². The molecule has 0 unspecified atom stereocenters. The predicted molar refractivity (Wildman–Crippen MR) is 126 cm³/mol. The van der Waals surface area contributed by atoms with E-state index in [1.807, 2.05) is 6.20 Å². The van der Waals surface area contributed by atoms with Gasteiger partial charge in [-0.3, -0.25) is 9.88 Å². The molecule has 4 heteroatoms. The Balaban J connectivity index is 0.00000218. The molecular weight excluding hydrogens is 368 g/mol. The first-order valence-corrected chi connectivity index (χ1v) is 11.2. The molecule has 1 N–H and O–H groups in total. The number of nitrogens with one attached hydrogen (secondary N) is 1. The molecule has 160 valence electrons. The number of hydrogen-bond acceptors (Lipinski definition) is 3. The maximum atomic E-state index is 4.48. The van der Waals surface area contributed by atoms with E-state index in [-0.39, 0.29) is 7.43 Å². The Kier molecular flexibility index (Phi) is 6.26. The van der Waals surface area contributed by atoms with Crippen LogP contribution in [0.3, 0.4) is 0 Å². The molecule has 0 spiro atoms. The summed E-state index contributed by atoms with van der Waals surface area (Å²) in [5, 5.41) is 4.99. The van der Waals surface area contributed by atoms with Gasteiger partial charge in [0.2, 0.25) is 0 Å². The van der Waals surface area contributed by atoms with Crippen molar-refractivity contribution in [1.82, 2.24) is 19.8 Å². The van der Waals surface area contributed by atoms with E-state index in [1.54, 1.807) is 11.3 Å². The van der Waals surface area contributed by atoms with Crippen LogP contribution in [0.15, 0.2) is 36.5 Å². The Hall–Kier alpha value is -2.17. The number of aryl methyl sites for hydroxylation is 4. The molecule has 0 bridgehead atoms. The van der Waals surface area contributed by atoms with Crippen molar-refractivity contribution >= 4 is 10.9 Å². The highest BCUT2D eigenvalue weighted by atomic mass is 15.2. The average molecular weight is 405 g/mol. The second-order valence-corrected chi connectivity index (χ2v) is 8.86. The number of pyridine rings is 1. The van der Waals surface area contributed by atoms with E-state index in [9.17, 15) is 0 Å². The van der Waals surface area contributed by atoms with Crippen LogP contribution < -0.4 is 5.32 Å². The van der Waals surface area contributed by atoms with Crippen molar-refractivity contribution in [3.05, 3.63) is 64.6 Å². The number of benzene rings is 1. The third-order valence-corrected chi connectivity index (χ3v) is 6.86. The molecule has 0 saturated carbocycles. The second kappa shape index (κ2) is 8.91. The summed E-state index contributed by atoms with van der Waals surface area (Å²) in [4.78, 5) is 7.23. The lowest BCUT2D eigenvalue weighted by molar-refractivity contribution is 0.146. The van der Waals surface area contributed by atoms with Crippen molar-refractivity contribution in [2.75, 3.05) is 19.6 Å². The van der Waals surface area contributed by atoms with E-state index in [2.05, 4.69) is 63.9 Å². The number of nitrogens with zero attached hydrogens (tertiary/aromatic N) is 3. The van der Waals surface area contributed by atoms with Gasteiger partial charge < -0.3 is 9.88 Å². The minimum Gasteiger partial charge on any atom is -0.344 e. The topological polar surface area (TPSA) is 33.1 Å². The Morgan fingerprint density at radius 3 is 2.70 bits per heavy atom. The molecule has 1 fully saturated rings. The van der Waals surface area contributed by atoms with Crippen LogP contribution in [0.25, 0.3) is 10.9 Å². The van der Waals surface area contributed by atoms with Gasteiger partial charge in [-0.15, -0.1) is 0 Å². The van der Waals surface area contributed by atoms with E-state index in [0.29, 0.717) is 0 Å². The van der Waals surface area contributed by atoms with E-state index < -0.39 is 0 Å². The van der Waals surface area contributed by atoms with Crippen LogP contribution in [0, 0.1) is 13.8 Å². The van der Waals surface area contributed by atoms with Gasteiger partial charge >= 0.3 is 0 Å². The molecule has 2 aliphatic heterocycles. The van der Waals surface area contributed by atoms with Crippen LogP contribution in [0.1, 0.15) is 48.3 Å². The average Bonchev–Trinajstić information content (AvgIpc) is 3.06. The summed E-state index contributed by atoms with van der Waals surface area (Å²) in [6, 6.07) is 12.1. The van der Waals surface area contributed by atoms with Crippen molar-refractivity contribution < 1.29 is 0 Å². The van der Waals surface area contributed by atoms with E-state index in [1.165, 1.54) is 60.9 Å². The van der Waals surface area contributed by atoms with Gasteiger partial charge in [-0.1, -0.05) is 25.1 Å². The van der Waals surface area contributed by atoms with Crippen molar-refractivity contribution in [3.63, 3.8) is 0 Å². The minimum absolute atomic E-state index is 0. The molecule has 0 aliphatic carbocycles. The second-order valence-electron chi connectivity index (χ2n) is 8.86. The molecule has 1 aromatic carbocycles. The Bertz CT molecular complexity index is 996. The summed E-state index contributed by atoms with van der Waals surface area (Å²) < 4.78 is 2.60. The smallest absolute Gasteiger partial charge is 0.0486 e. The first-order chi connectivity index (χ1) is 14.2. The van der Waals surface area contributed by atoms with Crippen LogP contribution in [0.4, 0.5) is 0 Å². The van der Waals surface area contributed by atoms with Crippen LogP contribution >= 0.6 is 0 Å². The Labute approximate surface area is 181 Å². The van der Waals surface area contributed by atoms with Crippen LogP contribution in [-0.4, -0.2) is 40.1 Å². The maximum absolute atomic E-state index is 4.48. The lowest BCUT2D eigenvalue weighted by Crippen LogP contribution is -2.45. The van der Waals surface area contributed by atoms with Crippen molar-refractivity contribution in [3.8, 4) is 0 Å². The summed E-state index contributed by atoms with van der Waals surface area (Å²) >= 11 is 0. The highest BCUT2D eigenvalue weighted by Crippen LogP contribution is 2.33. The normalized spacial score (nSPS) is 17.7. The van der Waals surface area contributed by atoms with Crippen molar-refractivity contribution in [2.45, 2.75) is 66.1 Å². The first-order valence-electron chi connectivity index (χ1n) is 11.2. The molecule has 0 amide bonds. The Morgan fingerprint density at radius 2 is 1.93 bits per heavy atom. The fraction of sp³-hybridized carbons (Fsp3) is 0.500. The summed E-state index contributed by atoms with van der Waals surface area (Å²) in [6.07, 6.45) is 6.81. The van der Waals surface area contributed by atoms with Crippen molar-refractivity contribution in [2.24, 2.45) is 0 Å². The summed E-state index contributed by atoms with van der Waals surface area (Å²) in [7, 11) is 0. The van der Waals surface area contributed by atoms with Gasteiger partial charge in [-0.05, 0) is 75.5 Å². The van der Waals surface area contributed by atoms with Crippen molar-refractivity contribution in [1.29, 1.82) is 0 Å². The number of piperidine rings is 1. The molecule has 2 aromatic heterocycles. The highest BCUT2D eigenvalue weighted by molar-refractivity contribution is 5.86. The fourth-order valence-corrected chi connectivity index (χ4v) is 5.21. The zero-order valence-corrected chi connectivity index (χ0v) is 17.7. The molecule has 2 aliphatic rings. The SMILES string of the molecule is C.Cc1ccc2c(c1)c1c(n2CCc2ccc(C)nc2)CCN(C2CCNCC2)C1. The standard InChI is InChI=1S/C25H32N4.CH4/c1-18-3-6-24-22(15-18)23-17-28(21-7-11-26-12-8-21)13-10-25(23)29(24)14-9-20-5-4-19(2)27-16-20;/h3-6,15-16,21,26H,7-14,17H2,1-2H3;1H4. The molecule has 5 rings (SSSR count). The molecule has 4 heterocycles. The molecule has 1 saturated heterocycles. The summed E-state index contributed by atoms with van der Waals surface area (Å²) in [5.74, 6) is 0. The summed E-state index contributed by atoms with van der Waals surface area (Å²) in [6.45, 7) is 9.94. The lowest BCUT2D eigenvalue weighted by Gasteiger charge is -2.37. The number of aromatic nitrogens is 2. The zero-order valence-electron chi connectivity index (χ0n) is 17.7. The van der Waals surface area contributed by atoms with Gasteiger partial charge in [-0.25, -0.2) is 0 Å². The quantitative estimate of drug-likeness (QED) is 0.688. The highest BCUT2D eigenvalue weighted by Gasteiger charge is 2.28. The number of hydrogen-bond donors (Lipinski definition) is 1. The van der Waals surface area contributed by atoms with Crippen LogP contribution in [-0.2, 0) is 25.9 Å². The van der Waals surface area contributed by atoms with Crippen LogP contribution in [0.2, 0.25) is 0 Å². The summed E-state index contributed by atoms with van der Waals surface area (Å²) in [5.41, 5.74) is 8.33. The largest absolute Gasteiger partial charge is 0.344 e. The third kappa shape index (κ3) is 4.03. The molecular formula is C26H36N4. The number of fused-ring (bicyclic) bond motifs is 3. The number of rotatable bonds is 4. The fourth-order valence-electron chi connectivity index (χ4n) is 5.21. The molecule has 30 heavy (non-hydrogen) atoms. The van der Waals surface area contributed by atoms with Gasteiger partial charge in [0.25, 0.3) is 0 Å². The lowest BCUT2D eigenvalue weighted by atomic mass is 9.98. The first kappa shape index (κ1) is 21.1. The van der Waals surface area contributed by atoms with Gasteiger partial charge in [0.1, 0.15) is 0 Å². The van der Waals surface area contributed by atoms with Gasteiger partial charge in [0.15, 0.2) is 0 Å². The van der Waals surface area contributed by atoms with Gasteiger partial charge in [0.05, 0.1) is 0 Å². The van der Waals surface area contributed by atoms with Crippen LogP contribution in [0.5, 0.6) is 0 Å². The molecule has 0 atom stereocenters. The minimum atomic E-state index is 0. The van der Waals surface area contributed by atoms with Gasteiger partial charge in [-0.2, -0.15) is 0 Å². The Morgan fingerprint density at radius 1 is 1.10 bits per heavy atom. The maximum Gasteiger partial charge on any atom is 0.0486 e. The predicted octanol–water partition coefficient (Wildman–Crippen LogP) is 4.64.